The van der Waals surface area contributed by atoms with Gasteiger partial charge in [0.05, 0.1) is 18.1 Å². The molecule has 1 aliphatic heterocycles. The van der Waals surface area contributed by atoms with Crippen LogP contribution in [0.25, 0.3) is 0 Å². The third-order valence-electron chi connectivity index (χ3n) is 2.97. The molecule has 0 radical (unpaired) electrons. The van der Waals surface area contributed by atoms with Gasteiger partial charge in [-0.1, -0.05) is 0 Å². The number of likely N-dealkylation sites (tertiary alicyclic amines) is 1. The first kappa shape index (κ1) is 12.4. The van der Waals surface area contributed by atoms with Gasteiger partial charge in [0.2, 0.25) is 0 Å². The molecule has 2 atom stereocenters. The smallest absolute Gasteiger partial charge is 0.310 e. The van der Waals surface area contributed by atoms with Crippen molar-refractivity contribution in [2.45, 2.75) is 25.9 Å². The molecule has 15 heavy (non-hydrogen) atoms. The van der Waals surface area contributed by atoms with Gasteiger partial charge in [-0.2, -0.15) is 0 Å². The molecule has 2 unspecified atom stereocenters. The van der Waals surface area contributed by atoms with E-state index in [9.17, 15) is 9.90 Å². The lowest BCUT2D eigenvalue weighted by Gasteiger charge is -2.38. The Kier molecular flexibility index (Phi) is 4.07. The number of aliphatic hydroxyl groups excluding tert-OH is 2. The Morgan fingerprint density at radius 3 is 2.80 bits per heavy atom. The maximum Gasteiger partial charge on any atom is 0.310 e. The van der Waals surface area contributed by atoms with E-state index in [0.29, 0.717) is 19.5 Å². The van der Waals surface area contributed by atoms with Crippen molar-refractivity contribution in [3.8, 4) is 0 Å². The first-order valence-electron chi connectivity index (χ1n) is 5.22. The van der Waals surface area contributed by atoms with Gasteiger partial charge in [-0.15, -0.1) is 0 Å². The highest BCUT2D eigenvalue weighted by Crippen LogP contribution is 2.29. The number of aliphatic hydroxyl groups is 2. The standard InChI is InChI=1S/C10H19NO4/c1-10(9(14)15)3-2-4-11(7-10)5-8(13)6-12/h8,12-13H,2-7H2,1H3,(H,14,15). The summed E-state index contributed by atoms with van der Waals surface area (Å²) in [5.74, 6) is -0.786. The van der Waals surface area contributed by atoms with Crippen LogP contribution in [0.4, 0.5) is 0 Å². The number of β-amino-alcohol motifs (C(OH)–C–C–N with tert-alkyl or cyclic N) is 1. The summed E-state index contributed by atoms with van der Waals surface area (Å²) < 4.78 is 0. The Hall–Kier alpha value is -0.650. The molecule has 88 valence electrons. The summed E-state index contributed by atoms with van der Waals surface area (Å²) in [5, 5.41) is 27.1. The minimum absolute atomic E-state index is 0.277. The molecule has 0 aromatic heterocycles. The van der Waals surface area contributed by atoms with Crippen molar-refractivity contribution in [1.29, 1.82) is 0 Å². The highest BCUT2D eigenvalue weighted by Gasteiger charge is 2.37. The van der Waals surface area contributed by atoms with E-state index < -0.39 is 17.5 Å². The van der Waals surface area contributed by atoms with Gasteiger partial charge in [-0.25, -0.2) is 0 Å². The zero-order valence-corrected chi connectivity index (χ0v) is 9.02. The minimum atomic E-state index is -0.786. The number of piperidine rings is 1. The Morgan fingerprint density at radius 1 is 1.60 bits per heavy atom. The van der Waals surface area contributed by atoms with Crippen molar-refractivity contribution in [3.05, 3.63) is 0 Å². The predicted molar refractivity (Wildman–Crippen MR) is 54.5 cm³/mol. The Labute approximate surface area is 89.3 Å². The average molecular weight is 217 g/mol. The fourth-order valence-electron chi connectivity index (χ4n) is 2.03. The van der Waals surface area contributed by atoms with Gasteiger partial charge in [0, 0.05) is 13.1 Å². The summed E-state index contributed by atoms with van der Waals surface area (Å²) in [6, 6.07) is 0. The maximum atomic E-state index is 11.0. The summed E-state index contributed by atoms with van der Waals surface area (Å²) in [6.45, 7) is 3.03. The zero-order chi connectivity index (χ0) is 11.5. The Bertz CT molecular complexity index is 233. The topological polar surface area (TPSA) is 81.0 Å². The molecular formula is C10H19NO4. The zero-order valence-electron chi connectivity index (χ0n) is 9.02. The van der Waals surface area contributed by atoms with Crippen LogP contribution >= 0.6 is 0 Å². The van der Waals surface area contributed by atoms with E-state index in [1.54, 1.807) is 6.92 Å². The molecule has 0 saturated carbocycles. The second-order valence-electron chi connectivity index (χ2n) is 4.54. The number of aliphatic carboxylic acids is 1. The summed E-state index contributed by atoms with van der Waals surface area (Å²) in [6.07, 6.45) is 0.718. The summed E-state index contributed by atoms with van der Waals surface area (Å²) in [5.41, 5.74) is -0.715. The third kappa shape index (κ3) is 3.15. The molecule has 5 nitrogen and oxygen atoms in total. The van der Waals surface area contributed by atoms with Crippen LogP contribution in [0.3, 0.4) is 0 Å². The van der Waals surface area contributed by atoms with Gasteiger partial charge in [-0.05, 0) is 26.3 Å². The Morgan fingerprint density at radius 2 is 2.27 bits per heavy atom. The van der Waals surface area contributed by atoms with Crippen molar-refractivity contribution in [2.24, 2.45) is 5.41 Å². The van der Waals surface area contributed by atoms with Gasteiger partial charge < -0.3 is 15.3 Å². The van der Waals surface area contributed by atoms with Crippen molar-refractivity contribution >= 4 is 5.97 Å². The molecule has 0 aliphatic carbocycles. The second-order valence-corrected chi connectivity index (χ2v) is 4.54. The van der Waals surface area contributed by atoms with Gasteiger partial charge in [-0.3, -0.25) is 9.69 Å². The molecule has 3 N–H and O–H groups in total. The molecule has 0 amide bonds. The molecule has 0 aromatic carbocycles. The second kappa shape index (κ2) is 4.92. The fourth-order valence-corrected chi connectivity index (χ4v) is 2.03. The molecule has 1 aliphatic rings. The van der Waals surface area contributed by atoms with Crippen LogP contribution < -0.4 is 0 Å². The highest BCUT2D eigenvalue weighted by molar-refractivity contribution is 5.74. The molecule has 1 heterocycles. The van der Waals surface area contributed by atoms with Crippen LogP contribution in [0, 0.1) is 5.41 Å². The number of nitrogens with zero attached hydrogens (tertiary/aromatic N) is 1. The van der Waals surface area contributed by atoms with Crippen LogP contribution in [-0.4, -0.2) is 58.5 Å². The number of carbonyl (C=O) groups is 1. The third-order valence-corrected chi connectivity index (χ3v) is 2.97. The van der Waals surface area contributed by atoms with E-state index in [4.69, 9.17) is 10.2 Å². The van der Waals surface area contributed by atoms with Crippen molar-refractivity contribution in [1.82, 2.24) is 4.90 Å². The molecule has 0 bridgehead atoms. The van der Waals surface area contributed by atoms with Gasteiger partial charge in [0.1, 0.15) is 0 Å². The van der Waals surface area contributed by atoms with Crippen LogP contribution in [0.5, 0.6) is 0 Å². The van der Waals surface area contributed by atoms with Crippen molar-refractivity contribution in [3.63, 3.8) is 0 Å². The lowest BCUT2D eigenvalue weighted by molar-refractivity contribution is -0.151. The van der Waals surface area contributed by atoms with E-state index in [2.05, 4.69) is 0 Å². The molecule has 5 heteroatoms. The molecule has 0 spiro atoms. The molecule has 1 rings (SSSR count). The maximum absolute atomic E-state index is 11.0. The molecule has 0 aromatic rings. The highest BCUT2D eigenvalue weighted by atomic mass is 16.4. The first-order valence-corrected chi connectivity index (χ1v) is 5.22. The number of rotatable bonds is 4. The number of hydrogen-bond donors (Lipinski definition) is 3. The average Bonchev–Trinajstić information content (AvgIpc) is 2.17. The van der Waals surface area contributed by atoms with E-state index >= 15 is 0 Å². The molecular weight excluding hydrogens is 198 g/mol. The normalized spacial score (nSPS) is 30.1. The summed E-state index contributed by atoms with van der Waals surface area (Å²) in [7, 11) is 0. The van der Waals surface area contributed by atoms with Crippen LogP contribution in [0.1, 0.15) is 19.8 Å². The van der Waals surface area contributed by atoms with Gasteiger partial charge in [0.15, 0.2) is 0 Å². The number of carboxylic acids is 1. The lowest BCUT2D eigenvalue weighted by Crippen LogP contribution is -2.48. The van der Waals surface area contributed by atoms with Gasteiger partial charge in [0.25, 0.3) is 0 Å². The fraction of sp³-hybridized carbons (Fsp3) is 0.900. The van der Waals surface area contributed by atoms with Crippen LogP contribution in [0.2, 0.25) is 0 Å². The van der Waals surface area contributed by atoms with Crippen LogP contribution in [-0.2, 0) is 4.79 Å². The van der Waals surface area contributed by atoms with Gasteiger partial charge >= 0.3 is 5.97 Å². The van der Waals surface area contributed by atoms with Crippen LogP contribution in [0.15, 0.2) is 0 Å². The summed E-state index contributed by atoms with van der Waals surface area (Å²) >= 11 is 0. The quantitative estimate of drug-likeness (QED) is 0.593. The van der Waals surface area contributed by atoms with Crippen molar-refractivity contribution < 1.29 is 20.1 Å². The largest absolute Gasteiger partial charge is 0.481 e. The summed E-state index contributed by atoms with van der Waals surface area (Å²) in [4.78, 5) is 12.9. The van der Waals surface area contributed by atoms with E-state index in [1.165, 1.54) is 0 Å². The SMILES string of the molecule is CC1(C(=O)O)CCCN(CC(O)CO)C1. The monoisotopic (exact) mass is 217 g/mol. The predicted octanol–water partition coefficient (Wildman–Crippen LogP) is -0.474. The molecule has 1 saturated heterocycles. The number of carboxylic acid groups (broad SMARTS) is 1. The molecule has 1 fully saturated rings. The van der Waals surface area contributed by atoms with E-state index in [0.717, 1.165) is 13.0 Å². The minimum Gasteiger partial charge on any atom is -0.481 e. The first-order chi connectivity index (χ1) is 6.98. The number of hydrogen-bond acceptors (Lipinski definition) is 4. The lowest BCUT2D eigenvalue weighted by atomic mass is 9.82. The van der Waals surface area contributed by atoms with E-state index in [-0.39, 0.29) is 6.61 Å². The van der Waals surface area contributed by atoms with E-state index in [1.807, 2.05) is 4.90 Å². The van der Waals surface area contributed by atoms with Crippen molar-refractivity contribution in [2.75, 3.05) is 26.2 Å². The Balaban J connectivity index is 2.52.